The number of epoxide rings is 1. The lowest BCUT2D eigenvalue weighted by atomic mass is 9.81. The molecule has 0 N–H and O–H groups in total. The number of carbonyl (C=O) groups excluding carboxylic acids is 2. The fourth-order valence-corrected chi connectivity index (χ4v) is 4.60. The first-order chi connectivity index (χ1) is 13.0. The number of rotatable bonds is 8. The predicted octanol–water partition coefficient (Wildman–Crippen LogP) is 1.86. The van der Waals surface area contributed by atoms with E-state index in [2.05, 4.69) is 0 Å². The average molecular weight is 382 g/mol. The van der Waals surface area contributed by atoms with E-state index in [1.165, 1.54) is 0 Å². The van der Waals surface area contributed by atoms with Crippen LogP contribution in [0.25, 0.3) is 0 Å². The molecule has 27 heavy (non-hydrogen) atoms. The largest absolute Gasteiger partial charge is 0.465 e. The van der Waals surface area contributed by atoms with Crippen LogP contribution in [0.5, 0.6) is 0 Å². The summed E-state index contributed by atoms with van der Waals surface area (Å²) in [5, 5.41) is 0. The molecule has 5 fully saturated rings. The van der Waals surface area contributed by atoms with Crippen molar-refractivity contribution in [3.05, 3.63) is 0 Å². The first-order valence-corrected chi connectivity index (χ1v) is 10.1. The molecule has 5 rings (SSSR count). The highest BCUT2D eigenvalue weighted by atomic mass is 16.6. The van der Waals surface area contributed by atoms with Crippen molar-refractivity contribution < 1.29 is 33.3 Å². The third kappa shape index (κ3) is 4.46. The van der Waals surface area contributed by atoms with Crippen molar-refractivity contribution in [2.75, 3.05) is 26.9 Å². The van der Waals surface area contributed by atoms with Crippen LogP contribution in [0.3, 0.4) is 0 Å². The number of carbonyl (C=O) groups is 2. The molecule has 2 saturated carbocycles. The Balaban J connectivity index is 1.23. The van der Waals surface area contributed by atoms with E-state index in [0.717, 1.165) is 38.5 Å². The lowest BCUT2D eigenvalue weighted by Gasteiger charge is -2.44. The van der Waals surface area contributed by atoms with Crippen molar-refractivity contribution in [3.63, 3.8) is 0 Å². The molecule has 0 aromatic carbocycles. The van der Waals surface area contributed by atoms with Gasteiger partial charge in [0.05, 0.1) is 48.3 Å². The quantitative estimate of drug-likeness (QED) is 0.468. The molecule has 152 valence electrons. The Morgan fingerprint density at radius 1 is 0.852 bits per heavy atom. The molecule has 0 aromatic heterocycles. The number of fused-ring (bicyclic) bond motifs is 3. The number of ether oxygens (including phenoxy) is 5. The topological polar surface area (TPSA) is 83.6 Å². The van der Waals surface area contributed by atoms with Crippen molar-refractivity contribution in [2.45, 2.75) is 69.9 Å². The summed E-state index contributed by atoms with van der Waals surface area (Å²) in [5.74, 6) is -0.518. The van der Waals surface area contributed by atoms with Crippen molar-refractivity contribution in [3.8, 4) is 0 Å². The van der Waals surface area contributed by atoms with Crippen LogP contribution in [0.15, 0.2) is 0 Å². The zero-order valence-electron chi connectivity index (χ0n) is 16.2. The smallest absolute Gasteiger partial charge is 0.309 e. The molecule has 3 heterocycles. The highest BCUT2D eigenvalue weighted by Gasteiger charge is 2.46. The molecule has 6 unspecified atom stereocenters. The number of esters is 2. The highest BCUT2D eigenvalue weighted by Crippen LogP contribution is 2.40. The van der Waals surface area contributed by atoms with Crippen molar-refractivity contribution in [2.24, 2.45) is 17.3 Å². The molecule has 0 radical (unpaired) electrons. The molecule has 6 atom stereocenters. The van der Waals surface area contributed by atoms with Gasteiger partial charge in [-0.2, -0.15) is 0 Å². The fraction of sp³-hybridized carbons (Fsp3) is 0.900. The SMILES string of the molecule is COCC(C)(COC(=O)C1CC2CC(C1)O2)COC(=O)C1CCC2OC2C1. The molecule has 7 nitrogen and oxygen atoms in total. The second-order valence-electron chi connectivity index (χ2n) is 8.97. The van der Waals surface area contributed by atoms with E-state index in [0.29, 0.717) is 12.7 Å². The molecular weight excluding hydrogens is 352 g/mol. The summed E-state index contributed by atoms with van der Waals surface area (Å²) in [5.41, 5.74) is -0.554. The van der Waals surface area contributed by atoms with E-state index in [9.17, 15) is 9.59 Å². The normalized spacial score (nSPS) is 38.7. The first-order valence-electron chi connectivity index (χ1n) is 10.1. The molecule has 5 aliphatic rings. The Morgan fingerprint density at radius 3 is 2.07 bits per heavy atom. The molecule has 2 aliphatic carbocycles. The Morgan fingerprint density at radius 2 is 1.48 bits per heavy atom. The standard InChI is InChI=1S/C20H30O7/c1-20(9-23-2,10-24-18(21)12-3-4-16-17(7-12)27-16)11-25-19(22)13-5-14-8-15(6-13)26-14/h12-17H,3-11H2,1-2H3. The third-order valence-corrected chi connectivity index (χ3v) is 6.29. The Labute approximate surface area is 160 Å². The molecule has 3 aliphatic heterocycles. The van der Waals surface area contributed by atoms with E-state index in [-0.39, 0.29) is 55.3 Å². The molecule has 2 bridgehead atoms. The van der Waals surface area contributed by atoms with Crippen LogP contribution >= 0.6 is 0 Å². The van der Waals surface area contributed by atoms with Crippen LogP contribution < -0.4 is 0 Å². The van der Waals surface area contributed by atoms with Gasteiger partial charge in [0.1, 0.15) is 13.2 Å². The van der Waals surface area contributed by atoms with Crippen molar-refractivity contribution >= 4 is 11.9 Å². The van der Waals surface area contributed by atoms with E-state index in [1.807, 2.05) is 6.92 Å². The number of hydrogen-bond acceptors (Lipinski definition) is 7. The van der Waals surface area contributed by atoms with Gasteiger partial charge in [0.15, 0.2) is 0 Å². The van der Waals surface area contributed by atoms with E-state index in [4.69, 9.17) is 23.7 Å². The fourth-order valence-electron chi connectivity index (χ4n) is 4.60. The van der Waals surface area contributed by atoms with Crippen LogP contribution in [0.2, 0.25) is 0 Å². The summed E-state index contributed by atoms with van der Waals surface area (Å²) in [6, 6.07) is 0. The van der Waals surface area contributed by atoms with E-state index >= 15 is 0 Å². The van der Waals surface area contributed by atoms with E-state index in [1.54, 1.807) is 7.11 Å². The zero-order valence-corrected chi connectivity index (χ0v) is 16.2. The lowest BCUT2D eigenvalue weighted by Crippen LogP contribution is -2.48. The summed E-state index contributed by atoms with van der Waals surface area (Å²) in [4.78, 5) is 24.8. The Hall–Kier alpha value is -1.18. The van der Waals surface area contributed by atoms with Gasteiger partial charge >= 0.3 is 11.9 Å². The van der Waals surface area contributed by atoms with Crippen molar-refractivity contribution in [1.82, 2.24) is 0 Å². The van der Waals surface area contributed by atoms with Gasteiger partial charge in [-0.25, -0.2) is 0 Å². The van der Waals surface area contributed by atoms with Gasteiger partial charge in [0, 0.05) is 7.11 Å². The first kappa shape index (κ1) is 19.2. The van der Waals surface area contributed by atoms with E-state index < -0.39 is 5.41 Å². The van der Waals surface area contributed by atoms with Gasteiger partial charge in [0.2, 0.25) is 0 Å². The minimum absolute atomic E-state index is 0.0782. The second-order valence-corrected chi connectivity index (χ2v) is 8.97. The van der Waals surface area contributed by atoms with Gasteiger partial charge in [-0.05, 0) is 38.5 Å². The summed E-state index contributed by atoms with van der Waals surface area (Å²) in [6.07, 6.45) is 6.12. The Bertz CT molecular complexity index is 537. The molecular formula is C20H30O7. The molecule has 3 saturated heterocycles. The Kier molecular flexibility index (Phi) is 5.45. The van der Waals surface area contributed by atoms with Gasteiger partial charge in [-0.3, -0.25) is 9.59 Å². The maximum Gasteiger partial charge on any atom is 0.309 e. The monoisotopic (exact) mass is 382 g/mol. The minimum atomic E-state index is -0.554. The minimum Gasteiger partial charge on any atom is -0.465 e. The molecule has 0 amide bonds. The van der Waals surface area contributed by atoms with Crippen LogP contribution in [0.1, 0.15) is 45.4 Å². The average Bonchev–Trinajstić information content (AvgIpc) is 3.43. The number of methoxy groups -OCH3 is 1. The van der Waals surface area contributed by atoms with Gasteiger partial charge in [-0.1, -0.05) is 6.92 Å². The van der Waals surface area contributed by atoms with Gasteiger partial charge < -0.3 is 23.7 Å². The van der Waals surface area contributed by atoms with Crippen LogP contribution in [0, 0.1) is 17.3 Å². The maximum atomic E-state index is 12.4. The predicted molar refractivity (Wildman–Crippen MR) is 93.9 cm³/mol. The zero-order chi connectivity index (χ0) is 19.0. The maximum absolute atomic E-state index is 12.4. The third-order valence-electron chi connectivity index (χ3n) is 6.29. The summed E-state index contributed by atoms with van der Waals surface area (Å²) >= 11 is 0. The lowest BCUT2D eigenvalue weighted by molar-refractivity contribution is -0.191. The second kappa shape index (κ2) is 7.68. The van der Waals surface area contributed by atoms with Crippen molar-refractivity contribution in [1.29, 1.82) is 0 Å². The highest BCUT2D eigenvalue weighted by molar-refractivity contribution is 5.73. The molecule has 0 aromatic rings. The van der Waals surface area contributed by atoms with Crippen LogP contribution in [0.4, 0.5) is 0 Å². The van der Waals surface area contributed by atoms with Crippen LogP contribution in [-0.2, 0) is 33.3 Å². The molecule has 7 heteroatoms. The summed E-state index contributed by atoms with van der Waals surface area (Å²) in [7, 11) is 1.60. The number of hydrogen-bond donors (Lipinski definition) is 0. The summed E-state index contributed by atoms with van der Waals surface area (Å²) in [6.45, 7) is 2.63. The molecule has 0 spiro atoms. The van der Waals surface area contributed by atoms with Gasteiger partial charge in [0.25, 0.3) is 0 Å². The summed E-state index contributed by atoms with van der Waals surface area (Å²) < 4.78 is 27.5. The van der Waals surface area contributed by atoms with Crippen LogP contribution in [-0.4, -0.2) is 63.3 Å². The van der Waals surface area contributed by atoms with Gasteiger partial charge in [-0.15, -0.1) is 0 Å².